The maximum absolute atomic E-state index is 13.2. The van der Waals surface area contributed by atoms with Crippen LogP contribution in [-0.2, 0) is 13.1 Å². The van der Waals surface area contributed by atoms with E-state index < -0.39 is 6.61 Å². The smallest absolute Gasteiger partial charge is 0.387 e. The molecule has 8 nitrogen and oxygen atoms in total. The molecule has 3 aromatic carbocycles. The number of benzene rings is 3. The number of hydrogen-bond acceptors (Lipinski definition) is 8. The van der Waals surface area contributed by atoms with Crippen LogP contribution in [0, 0.1) is 0 Å². The Morgan fingerprint density at radius 3 is 1.76 bits per heavy atom. The van der Waals surface area contributed by atoms with Gasteiger partial charge >= 0.3 is 6.61 Å². The van der Waals surface area contributed by atoms with Crippen LogP contribution in [0.2, 0.25) is 0 Å². The minimum Gasteiger partial charge on any atom is -0.497 e. The van der Waals surface area contributed by atoms with Gasteiger partial charge in [0, 0.05) is 49.5 Å². The summed E-state index contributed by atoms with van der Waals surface area (Å²) in [7, 11) is 7.93. The molecule has 0 aliphatic rings. The van der Waals surface area contributed by atoms with Crippen molar-refractivity contribution in [1.82, 2.24) is 0 Å². The Bertz CT molecular complexity index is 1170. The molecule has 3 rings (SSSR count). The highest BCUT2D eigenvalue weighted by molar-refractivity contribution is 9.10. The first-order valence-electron chi connectivity index (χ1n) is 11.2. The van der Waals surface area contributed by atoms with Gasteiger partial charge in [0.05, 0.1) is 50.0 Å². The molecule has 37 heavy (non-hydrogen) atoms. The van der Waals surface area contributed by atoms with Gasteiger partial charge in [-0.2, -0.15) is 8.78 Å². The molecule has 0 aromatic heterocycles. The lowest BCUT2D eigenvalue weighted by atomic mass is 10.1. The molecule has 0 spiro atoms. The first-order valence-corrected chi connectivity index (χ1v) is 12.0. The lowest BCUT2D eigenvalue weighted by Crippen LogP contribution is -2.25. The molecule has 3 aromatic rings. The number of rotatable bonds is 12. The van der Waals surface area contributed by atoms with E-state index in [1.807, 2.05) is 29.2 Å². The van der Waals surface area contributed by atoms with E-state index in [1.165, 1.54) is 6.07 Å². The van der Waals surface area contributed by atoms with Crippen molar-refractivity contribution in [3.05, 3.63) is 58.1 Å². The summed E-state index contributed by atoms with van der Waals surface area (Å²) in [6, 6.07) is 12.4. The third-order valence-corrected chi connectivity index (χ3v) is 6.52. The molecule has 3 N–H and O–H groups in total. The molecular formula is C26H30BrF2N3O5. The Hall–Kier alpha value is -3.60. The molecule has 0 unspecified atom stereocenters. The Morgan fingerprint density at radius 2 is 1.35 bits per heavy atom. The van der Waals surface area contributed by atoms with E-state index in [0.717, 1.165) is 11.1 Å². The van der Waals surface area contributed by atoms with Crippen LogP contribution in [0.15, 0.2) is 46.9 Å². The van der Waals surface area contributed by atoms with Gasteiger partial charge in [-0.15, -0.1) is 0 Å². The predicted molar refractivity (Wildman–Crippen MR) is 144 cm³/mol. The van der Waals surface area contributed by atoms with Crippen LogP contribution in [-0.4, -0.2) is 42.1 Å². The molecule has 0 amide bonds. The highest BCUT2D eigenvalue weighted by atomic mass is 79.9. The summed E-state index contributed by atoms with van der Waals surface area (Å²) in [5.74, 6) is 2.39. The fourth-order valence-electron chi connectivity index (χ4n) is 3.92. The number of ether oxygens (including phenoxy) is 5. The van der Waals surface area contributed by atoms with Gasteiger partial charge in [0.15, 0.2) is 0 Å². The van der Waals surface area contributed by atoms with E-state index in [9.17, 15) is 8.78 Å². The summed E-state index contributed by atoms with van der Waals surface area (Å²) < 4.78 is 53.4. The normalized spacial score (nSPS) is 10.7. The van der Waals surface area contributed by atoms with Gasteiger partial charge in [-0.25, -0.2) is 0 Å². The van der Waals surface area contributed by atoms with E-state index in [0.29, 0.717) is 53.1 Å². The fraction of sp³-hybridized carbons (Fsp3) is 0.308. The van der Waals surface area contributed by atoms with Gasteiger partial charge < -0.3 is 39.6 Å². The van der Waals surface area contributed by atoms with Crippen molar-refractivity contribution in [3.63, 3.8) is 0 Å². The molecule has 0 aliphatic heterocycles. The number of hydrogen-bond donors (Lipinski definition) is 2. The summed E-state index contributed by atoms with van der Waals surface area (Å²) in [5.41, 5.74) is 9.41. The van der Waals surface area contributed by atoms with Crippen LogP contribution in [0.1, 0.15) is 11.1 Å². The molecule has 0 radical (unpaired) electrons. The average Bonchev–Trinajstić information content (AvgIpc) is 2.90. The number of anilines is 3. The molecule has 0 aliphatic carbocycles. The van der Waals surface area contributed by atoms with E-state index in [2.05, 4.69) is 21.2 Å². The topological polar surface area (TPSA) is 87.4 Å². The number of methoxy groups -OCH3 is 4. The van der Waals surface area contributed by atoms with E-state index in [4.69, 9.17) is 29.4 Å². The molecular weight excluding hydrogens is 552 g/mol. The summed E-state index contributed by atoms with van der Waals surface area (Å²) in [4.78, 5) is 1.92. The van der Waals surface area contributed by atoms with Crippen molar-refractivity contribution in [3.8, 4) is 28.7 Å². The lowest BCUT2D eigenvalue weighted by Gasteiger charge is -2.30. The zero-order valence-electron chi connectivity index (χ0n) is 21.2. The molecule has 0 atom stereocenters. The quantitative estimate of drug-likeness (QED) is 0.255. The van der Waals surface area contributed by atoms with Crippen LogP contribution in [0.5, 0.6) is 28.7 Å². The van der Waals surface area contributed by atoms with E-state index in [1.54, 1.807) is 47.6 Å². The van der Waals surface area contributed by atoms with Crippen molar-refractivity contribution in [2.45, 2.75) is 19.7 Å². The number of nitrogens with one attached hydrogen (secondary N) is 1. The van der Waals surface area contributed by atoms with Crippen molar-refractivity contribution in [1.29, 1.82) is 0 Å². The maximum atomic E-state index is 13.2. The number of alkyl halides is 2. The Kier molecular flexibility index (Phi) is 9.51. The van der Waals surface area contributed by atoms with Gasteiger partial charge in [-0.1, -0.05) is 0 Å². The first-order chi connectivity index (χ1) is 17.8. The molecule has 0 saturated heterocycles. The Morgan fingerprint density at radius 1 is 0.838 bits per heavy atom. The van der Waals surface area contributed by atoms with E-state index >= 15 is 0 Å². The SMILES string of the molecule is CNc1cc(OC(F)F)c(Br)c(N(Cc2ccc(OC)cc2OC)Cc2ccc(OC)cc2OC)c1N. The zero-order chi connectivity index (χ0) is 27.1. The summed E-state index contributed by atoms with van der Waals surface area (Å²) >= 11 is 3.46. The maximum Gasteiger partial charge on any atom is 0.387 e. The van der Waals surface area contributed by atoms with E-state index in [-0.39, 0.29) is 10.2 Å². The third kappa shape index (κ3) is 6.40. The Labute approximate surface area is 223 Å². The van der Waals surface area contributed by atoms with Crippen LogP contribution >= 0.6 is 15.9 Å². The summed E-state index contributed by atoms with van der Waals surface area (Å²) in [5, 5.41) is 2.95. The lowest BCUT2D eigenvalue weighted by molar-refractivity contribution is -0.0502. The second-order valence-electron chi connectivity index (χ2n) is 7.84. The van der Waals surface area contributed by atoms with Crippen molar-refractivity contribution >= 4 is 33.0 Å². The minimum atomic E-state index is -3.02. The molecule has 0 heterocycles. The minimum absolute atomic E-state index is 0.0584. The molecule has 0 fully saturated rings. The van der Waals surface area contributed by atoms with Crippen LogP contribution < -0.4 is 39.6 Å². The second kappa shape index (κ2) is 12.6. The van der Waals surface area contributed by atoms with Crippen LogP contribution in [0.4, 0.5) is 25.8 Å². The monoisotopic (exact) mass is 581 g/mol. The zero-order valence-corrected chi connectivity index (χ0v) is 22.8. The molecule has 11 heteroatoms. The number of halogens is 3. The molecule has 0 bridgehead atoms. The standard InChI is InChI=1S/C26H30BrF2N3O5/c1-31-19-12-22(37-26(28)29)23(27)25(24(19)30)32(13-15-6-8-17(33-2)10-20(15)35-4)14-16-7-9-18(34-3)11-21(16)36-5/h6-12,26,31H,13-14,30H2,1-5H3. The fourth-order valence-corrected chi connectivity index (χ4v) is 4.59. The number of nitrogens with zero attached hydrogens (tertiary/aromatic N) is 1. The third-order valence-electron chi connectivity index (χ3n) is 5.76. The van der Waals surface area contributed by atoms with Gasteiger partial charge in [-0.05, 0) is 40.2 Å². The predicted octanol–water partition coefficient (Wildman–Crippen LogP) is 5.92. The Balaban J connectivity index is 2.20. The van der Waals surface area contributed by atoms with Crippen LogP contribution in [0.3, 0.4) is 0 Å². The van der Waals surface area contributed by atoms with Crippen molar-refractivity contribution < 1.29 is 32.5 Å². The average molecular weight is 582 g/mol. The van der Waals surface area contributed by atoms with Crippen molar-refractivity contribution in [2.75, 3.05) is 51.4 Å². The molecule has 200 valence electrons. The summed E-state index contributed by atoms with van der Waals surface area (Å²) in [6.07, 6.45) is 0. The van der Waals surface area contributed by atoms with Gasteiger partial charge in [0.1, 0.15) is 28.7 Å². The van der Waals surface area contributed by atoms with Gasteiger partial charge in [-0.3, -0.25) is 0 Å². The summed E-state index contributed by atoms with van der Waals surface area (Å²) in [6.45, 7) is -2.42. The highest BCUT2D eigenvalue weighted by Crippen LogP contribution is 2.46. The van der Waals surface area contributed by atoms with Gasteiger partial charge in [0.25, 0.3) is 0 Å². The first kappa shape index (κ1) is 28.0. The number of nitrogens with two attached hydrogens (primary N) is 1. The van der Waals surface area contributed by atoms with Crippen LogP contribution in [0.25, 0.3) is 0 Å². The second-order valence-corrected chi connectivity index (χ2v) is 8.63. The number of nitrogen functional groups attached to an aromatic ring is 1. The molecule has 0 saturated carbocycles. The van der Waals surface area contributed by atoms with Crippen molar-refractivity contribution in [2.24, 2.45) is 0 Å². The largest absolute Gasteiger partial charge is 0.497 e. The van der Waals surface area contributed by atoms with Gasteiger partial charge in [0.2, 0.25) is 0 Å². The highest BCUT2D eigenvalue weighted by Gasteiger charge is 2.24.